The summed E-state index contributed by atoms with van der Waals surface area (Å²) in [5.41, 5.74) is 0. The largest absolute Gasteiger partial charge is 1.00 e. The molecule has 1 aliphatic heterocycles. The molecule has 0 aliphatic carbocycles. The van der Waals surface area contributed by atoms with Gasteiger partial charge >= 0.3 is 35.7 Å². The fourth-order valence-corrected chi connectivity index (χ4v) is 0.418. The van der Waals surface area contributed by atoms with E-state index in [1.165, 1.54) is 0 Å². The Morgan fingerprint density at radius 1 is 1.38 bits per heavy atom. The van der Waals surface area contributed by atoms with Gasteiger partial charge in [-0.05, 0) is 6.92 Å². The van der Waals surface area contributed by atoms with Crippen LogP contribution in [-0.4, -0.2) is 18.9 Å². The van der Waals surface area contributed by atoms with Crippen molar-refractivity contribution in [2.24, 2.45) is 0 Å². The Bertz CT molecular complexity index is 151. The monoisotopic (exact) mass is 224 g/mol. The van der Waals surface area contributed by atoms with Gasteiger partial charge in [0.1, 0.15) is 12.7 Å². The standard InChI is InChI=1S/C4H6O3.ClHO4.Na/c1-3-2-6-4(5)7-3;2-1(3,4)5;/h3H,2H2,1H3;(H,2,3,4,5);/q;;+1/p-1. The molecule has 9 heteroatoms. The van der Waals surface area contributed by atoms with Gasteiger partial charge in [0, 0.05) is 0 Å². The summed E-state index contributed by atoms with van der Waals surface area (Å²) in [5, 5.41) is 0. The second-order valence-electron chi connectivity index (χ2n) is 1.87. The zero-order valence-electron chi connectivity index (χ0n) is 7.02. The van der Waals surface area contributed by atoms with Crippen molar-refractivity contribution >= 4 is 6.16 Å². The Morgan fingerprint density at radius 2 is 1.77 bits per heavy atom. The second kappa shape index (κ2) is 6.80. The molecule has 1 heterocycles. The molecule has 0 N–H and O–H groups in total. The number of cyclic esters (lactones) is 2. The molecule has 72 valence electrons. The van der Waals surface area contributed by atoms with Crippen molar-refractivity contribution in [1.29, 1.82) is 0 Å². The Kier molecular flexibility index (Phi) is 8.29. The van der Waals surface area contributed by atoms with Crippen molar-refractivity contribution in [1.82, 2.24) is 0 Å². The van der Waals surface area contributed by atoms with Crippen LogP contribution < -0.4 is 48.2 Å². The van der Waals surface area contributed by atoms with Gasteiger partial charge in [-0.25, -0.2) is 23.4 Å². The van der Waals surface area contributed by atoms with Gasteiger partial charge in [-0.2, -0.15) is 0 Å². The molecule has 1 fully saturated rings. The van der Waals surface area contributed by atoms with Gasteiger partial charge < -0.3 is 9.47 Å². The van der Waals surface area contributed by atoms with Crippen molar-refractivity contribution in [3.63, 3.8) is 0 Å². The summed E-state index contributed by atoms with van der Waals surface area (Å²) >= 11 is 0. The molecule has 0 aromatic rings. The van der Waals surface area contributed by atoms with E-state index in [-0.39, 0.29) is 35.7 Å². The fraction of sp³-hybridized carbons (Fsp3) is 0.750. The van der Waals surface area contributed by atoms with Crippen molar-refractivity contribution in [2.45, 2.75) is 13.0 Å². The van der Waals surface area contributed by atoms with E-state index in [0.717, 1.165) is 0 Å². The van der Waals surface area contributed by atoms with Crippen LogP contribution in [0, 0.1) is 10.2 Å². The molecule has 1 unspecified atom stereocenters. The Hall–Kier alpha value is 0.400. The molecule has 7 nitrogen and oxygen atoms in total. The Morgan fingerprint density at radius 3 is 1.85 bits per heavy atom. The smallest absolute Gasteiger partial charge is 0.430 e. The number of carbonyl (C=O) groups is 1. The Balaban J connectivity index is 0. The van der Waals surface area contributed by atoms with E-state index >= 15 is 0 Å². The maximum absolute atomic E-state index is 10.0. The maximum atomic E-state index is 10.0. The molecule has 1 aliphatic rings. The first-order chi connectivity index (χ1) is 5.29. The molecule has 1 atom stereocenters. The predicted molar refractivity (Wildman–Crippen MR) is 21.9 cm³/mol. The molecular weight excluding hydrogens is 218 g/mol. The molecule has 0 aromatic heterocycles. The summed E-state index contributed by atoms with van der Waals surface area (Å²) in [7, 11) is -4.94. The molecule has 0 amide bonds. The third-order valence-corrected chi connectivity index (χ3v) is 0.733. The third kappa shape index (κ3) is 15.2. The molecule has 0 aromatic carbocycles. The molecule has 1 saturated heterocycles. The Labute approximate surface area is 98.3 Å². The number of ether oxygens (including phenoxy) is 2. The first-order valence-corrected chi connectivity index (χ1v) is 3.97. The first kappa shape index (κ1) is 15.9. The zero-order valence-corrected chi connectivity index (χ0v) is 9.78. The number of hydrogen-bond acceptors (Lipinski definition) is 7. The molecule has 0 saturated carbocycles. The van der Waals surface area contributed by atoms with E-state index in [1.54, 1.807) is 6.92 Å². The van der Waals surface area contributed by atoms with Crippen LogP contribution in [0.2, 0.25) is 0 Å². The zero-order chi connectivity index (χ0) is 9.78. The van der Waals surface area contributed by atoms with Crippen LogP contribution in [0.15, 0.2) is 0 Å². The minimum absolute atomic E-state index is 0. The van der Waals surface area contributed by atoms with Crippen LogP contribution in [-0.2, 0) is 9.47 Å². The quantitative estimate of drug-likeness (QED) is 0.295. The van der Waals surface area contributed by atoms with Gasteiger partial charge in [0.15, 0.2) is 0 Å². The van der Waals surface area contributed by atoms with E-state index in [9.17, 15) is 4.79 Å². The van der Waals surface area contributed by atoms with Crippen molar-refractivity contribution < 1.29 is 72.7 Å². The van der Waals surface area contributed by atoms with Gasteiger partial charge in [-0.15, -0.1) is 10.2 Å². The average Bonchev–Trinajstić information content (AvgIpc) is 2.09. The van der Waals surface area contributed by atoms with E-state index in [4.69, 9.17) is 18.6 Å². The van der Waals surface area contributed by atoms with Crippen LogP contribution >= 0.6 is 0 Å². The predicted octanol–water partition coefficient (Wildman–Crippen LogP) is -7.21. The van der Waals surface area contributed by atoms with Gasteiger partial charge in [-0.1, -0.05) is 0 Å². The molecular formula is C4H6ClNaO7. The van der Waals surface area contributed by atoms with E-state index in [0.29, 0.717) is 6.61 Å². The summed E-state index contributed by atoms with van der Waals surface area (Å²) in [5.74, 6) is 0. The number of hydrogen-bond donors (Lipinski definition) is 0. The van der Waals surface area contributed by atoms with E-state index < -0.39 is 16.4 Å². The van der Waals surface area contributed by atoms with Crippen molar-refractivity contribution in [2.75, 3.05) is 6.61 Å². The van der Waals surface area contributed by atoms with Gasteiger partial charge in [0.05, 0.1) is 0 Å². The van der Waals surface area contributed by atoms with Crippen molar-refractivity contribution in [3.05, 3.63) is 0 Å². The topological polar surface area (TPSA) is 128 Å². The van der Waals surface area contributed by atoms with E-state index in [2.05, 4.69) is 9.47 Å². The molecule has 13 heavy (non-hydrogen) atoms. The van der Waals surface area contributed by atoms with Crippen LogP contribution in [0.4, 0.5) is 4.79 Å². The fourth-order valence-electron chi connectivity index (χ4n) is 0.418. The number of rotatable bonds is 0. The summed E-state index contributed by atoms with van der Waals surface area (Å²) in [6, 6.07) is 0. The van der Waals surface area contributed by atoms with Crippen LogP contribution in [0.3, 0.4) is 0 Å². The summed E-state index contributed by atoms with van der Waals surface area (Å²) in [4.78, 5) is 10.0. The minimum Gasteiger partial charge on any atom is -0.430 e. The summed E-state index contributed by atoms with van der Waals surface area (Å²) < 4.78 is 42.9. The average molecular weight is 225 g/mol. The second-order valence-corrected chi connectivity index (χ2v) is 2.62. The number of carbonyl (C=O) groups excluding carboxylic acids is 1. The molecule has 0 spiro atoms. The summed E-state index contributed by atoms with van der Waals surface area (Å²) in [6.07, 6.45) is -0.597. The van der Waals surface area contributed by atoms with Crippen LogP contribution in [0.5, 0.6) is 0 Å². The van der Waals surface area contributed by atoms with Crippen LogP contribution in [0.1, 0.15) is 6.92 Å². The van der Waals surface area contributed by atoms with Gasteiger partial charge in [0.25, 0.3) is 0 Å². The minimum atomic E-state index is -4.94. The van der Waals surface area contributed by atoms with Crippen molar-refractivity contribution in [3.8, 4) is 0 Å². The SMILES string of the molecule is CC1COC(=O)O1.[Na+].[O-][Cl+3]([O-])([O-])[O-]. The van der Waals surface area contributed by atoms with Gasteiger partial charge in [-0.3, -0.25) is 0 Å². The van der Waals surface area contributed by atoms with Gasteiger partial charge in [0.2, 0.25) is 0 Å². The van der Waals surface area contributed by atoms with E-state index in [1.807, 2.05) is 0 Å². The third-order valence-electron chi connectivity index (χ3n) is 0.733. The molecule has 0 bridgehead atoms. The first-order valence-electron chi connectivity index (χ1n) is 2.74. The maximum Gasteiger partial charge on any atom is 1.00 e. The summed E-state index contributed by atoms with van der Waals surface area (Å²) in [6.45, 7) is 2.18. The normalized spacial score (nSPS) is 20.4. The number of halogens is 1. The molecule has 0 radical (unpaired) electrons. The van der Waals surface area contributed by atoms with Crippen LogP contribution in [0.25, 0.3) is 0 Å². The molecule has 1 rings (SSSR count).